The smallest absolute Gasteiger partial charge is 0.243 e. The summed E-state index contributed by atoms with van der Waals surface area (Å²) in [5.74, 6) is 0.232. The zero-order valence-electron chi connectivity index (χ0n) is 8.94. The summed E-state index contributed by atoms with van der Waals surface area (Å²) in [6, 6.07) is 1.77. The second kappa shape index (κ2) is 4.95. The lowest BCUT2D eigenvalue weighted by Gasteiger charge is -2.17. The molecular weight excluding hydrogens is 232 g/mol. The van der Waals surface area contributed by atoms with E-state index in [1.165, 1.54) is 11.8 Å². The molecule has 0 saturated carbocycles. The number of rotatable bonds is 3. The van der Waals surface area contributed by atoms with Crippen molar-refractivity contribution in [2.24, 2.45) is 5.92 Å². The highest BCUT2D eigenvalue weighted by Crippen LogP contribution is 2.26. The molecule has 0 aliphatic carbocycles. The van der Waals surface area contributed by atoms with Crippen LogP contribution < -0.4 is 4.90 Å². The van der Waals surface area contributed by atoms with Crippen molar-refractivity contribution in [3.63, 3.8) is 0 Å². The largest absolute Gasteiger partial charge is 0.356 e. The molecule has 1 aliphatic rings. The molecule has 1 fully saturated rings. The molecule has 1 saturated heterocycles. The quantitative estimate of drug-likeness (QED) is 0.603. The van der Waals surface area contributed by atoms with Gasteiger partial charge in [-0.1, -0.05) is 11.8 Å². The van der Waals surface area contributed by atoms with Gasteiger partial charge >= 0.3 is 0 Å². The van der Waals surface area contributed by atoms with E-state index in [0.29, 0.717) is 24.7 Å². The van der Waals surface area contributed by atoms with Gasteiger partial charge in [-0.05, 0) is 18.7 Å². The van der Waals surface area contributed by atoms with E-state index in [9.17, 15) is 8.78 Å². The number of nitrogens with zero attached hydrogens (tertiary/aromatic N) is 3. The summed E-state index contributed by atoms with van der Waals surface area (Å²) in [6.45, 7) is 1.04. The van der Waals surface area contributed by atoms with Crippen molar-refractivity contribution in [3.05, 3.63) is 12.3 Å². The third-order valence-electron chi connectivity index (χ3n) is 2.71. The van der Waals surface area contributed by atoms with E-state index in [2.05, 4.69) is 9.97 Å². The average molecular weight is 245 g/mol. The van der Waals surface area contributed by atoms with E-state index in [4.69, 9.17) is 0 Å². The van der Waals surface area contributed by atoms with E-state index in [1.54, 1.807) is 12.3 Å². The topological polar surface area (TPSA) is 29.0 Å². The Hall–Kier alpha value is -0.910. The first-order valence-corrected chi connectivity index (χ1v) is 6.33. The molecular formula is C10H13F2N3S. The molecule has 2 rings (SSSR count). The second-order valence-corrected chi connectivity index (χ2v) is 4.50. The summed E-state index contributed by atoms with van der Waals surface area (Å²) in [5, 5.41) is 0.679. The van der Waals surface area contributed by atoms with Gasteiger partial charge in [0.2, 0.25) is 6.43 Å². The third kappa shape index (κ3) is 2.42. The van der Waals surface area contributed by atoms with Crippen LogP contribution in [0.2, 0.25) is 0 Å². The molecule has 0 amide bonds. The Morgan fingerprint density at radius 1 is 1.56 bits per heavy atom. The van der Waals surface area contributed by atoms with Gasteiger partial charge in [-0.2, -0.15) is 0 Å². The highest BCUT2D eigenvalue weighted by molar-refractivity contribution is 7.98. The maximum atomic E-state index is 12.5. The Labute approximate surface area is 97.3 Å². The minimum atomic E-state index is -2.23. The normalized spacial score (nSPS) is 20.8. The third-order valence-corrected chi connectivity index (χ3v) is 3.27. The lowest BCUT2D eigenvalue weighted by molar-refractivity contribution is 0.0880. The van der Waals surface area contributed by atoms with Crippen molar-refractivity contribution >= 4 is 17.6 Å². The summed E-state index contributed by atoms with van der Waals surface area (Å²) >= 11 is 1.45. The predicted octanol–water partition coefficient (Wildman–Crippen LogP) is 2.29. The van der Waals surface area contributed by atoms with Crippen LogP contribution in [-0.2, 0) is 0 Å². The van der Waals surface area contributed by atoms with Gasteiger partial charge in [-0.3, -0.25) is 0 Å². The summed E-state index contributed by atoms with van der Waals surface area (Å²) in [6.07, 6.45) is 1.87. The van der Waals surface area contributed by atoms with Crippen molar-refractivity contribution in [1.82, 2.24) is 9.97 Å². The molecule has 16 heavy (non-hydrogen) atoms. The number of aromatic nitrogens is 2. The Bertz CT molecular complexity index is 362. The molecule has 1 unspecified atom stereocenters. The minimum Gasteiger partial charge on any atom is -0.356 e. The maximum Gasteiger partial charge on any atom is 0.243 e. The zero-order valence-corrected chi connectivity index (χ0v) is 9.75. The SMILES string of the molecule is CSc1nccc(N2CCC(C(F)F)C2)n1. The van der Waals surface area contributed by atoms with Gasteiger partial charge in [0.25, 0.3) is 0 Å². The number of hydrogen-bond acceptors (Lipinski definition) is 4. The van der Waals surface area contributed by atoms with Gasteiger partial charge in [0.1, 0.15) is 5.82 Å². The van der Waals surface area contributed by atoms with Crippen molar-refractivity contribution in [3.8, 4) is 0 Å². The number of alkyl halides is 2. The number of hydrogen-bond donors (Lipinski definition) is 0. The van der Waals surface area contributed by atoms with Crippen LogP contribution in [-0.4, -0.2) is 35.7 Å². The van der Waals surface area contributed by atoms with Crippen LogP contribution in [0.1, 0.15) is 6.42 Å². The number of anilines is 1. The van der Waals surface area contributed by atoms with Crippen LogP contribution >= 0.6 is 11.8 Å². The molecule has 0 spiro atoms. The fourth-order valence-electron chi connectivity index (χ4n) is 1.81. The Morgan fingerprint density at radius 2 is 2.38 bits per heavy atom. The molecule has 2 heterocycles. The summed E-state index contributed by atoms with van der Waals surface area (Å²) in [5.41, 5.74) is 0. The molecule has 0 radical (unpaired) electrons. The Kier molecular flexibility index (Phi) is 3.58. The Morgan fingerprint density at radius 3 is 3.00 bits per heavy atom. The van der Waals surface area contributed by atoms with E-state index in [1.807, 2.05) is 11.2 Å². The molecule has 1 atom stereocenters. The Balaban J connectivity index is 2.08. The molecule has 3 nitrogen and oxygen atoms in total. The zero-order chi connectivity index (χ0) is 11.5. The van der Waals surface area contributed by atoms with Crippen molar-refractivity contribution in [1.29, 1.82) is 0 Å². The fourth-order valence-corrected chi connectivity index (χ4v) is 2.16. The lowest BCUT2D eigenvalue weighted by atomic mass is 10.1. The van der Waals surface area contributed by atoms with Crippen LogP contribution in [0.3, 0.4) is 0 Å². The van der Waals surface area contributed by atoms with Crippen LogP contribution in [0.4, 0.5) is 14.6 Å². The van der Waals surface area contributed by atoms with Gasteiger partial charge in [0.15, 0.2) is 5.16 Å². The van der Waals surface area contributed by atoms with Crippen LogP contribution in [0.25, 0.3) is 0 Å². The highest BCUT2D eigenvalue weighted by atomic mass is 32.2. The van der Waals surface area contributed by atoms with Gasteiger partial charge in [-0.25, -0.2) is 18.7 Å². The fraction of sp³-hybridized carbons (Fsp3) is 0.600. The molecule has 88 valence electrons. The monoisotopic (exact) mass is 245 g/mol. The molecule has 1 aromatic rings. The molecule has 6 heteroatoms. The van der Waals surface area contributed by atoms with Crippen molar-refractivity contribution in [2.75, 3.05) is 24.2 Å². The van der Waals surface area contributed by atoms with Gasteiger partial charge in [-0.15, -0.1) is 0 Å². The predicted molar refractivity (Wildman–Crippen MR) is 60.1 cm³/mol. The standard InChI is InChI=1S/C10H13F2N3S/c1-16-10-13-4-2-8(14-10)15-5-3-7(6-15)9(11)12/h2,4,7,9H,3,5-6H2,1H3. The van der Waals surface area contributed by atoms with E-state index < -0.39 is 12.3 Å². The molecule has 1 aliphatic heterocycles. The van der Waals surface area contributed by atoms with Crippen molar-refractivity contribution in [2.45, 2.75) is 18.0 Å². The van der Waals surface area contributed by atoms with Crippen LogP contribution in [0.5, 0.6) is 0 Å². The summed E-state index contributed by atoms with van der Waals surface area (Å²) in [4.78, 5) is 10.3. The van der Waals surface area contributed by atoms with E-state index in [0.717, 1.165) is 5.82 Å². The summed E-state index contributed by atoms with van der Waals surface area (Å²) < 4.78 is 25.0. The van der Waals surface area contributed by atoms with Crippen molar-refractivity contribution < 1.29 is 8.78 Å². The van der Waals surface area contributed by atoms with Crippen LogP contribution in [0, 0.1) is 5.92 Å². The molecule has 0 aromatic carbocycles. The average Bonchev–Trinajstić information content (AvgIpc) is 2.78. The number of halogens is 2. The number of thioether (sulfide) groups is 1. The van der Waals surface area contributed by atoms with Gasteiger partial charge in [0.05, 0.1) is 0 Å². The highest BCUT2D eigenvalue weighted by Gasteiger charge is 2.30. The lowest BCUT2D eigenvalue weighted by Crippen LogP contribution is -2.23. The summed E-state index contributed by atoms with van der Waals surface area (Å²) in [7, 11) is 0. The minimum absolute atomic E-state index is 0.391. The molecule has 1 aromatic heterocycles. The van der Waals surface area contributed by atoms with Crippen LogP contribution in [0.15, 0.2) is 17.4 Å². The molecule has 0 N–H and O–H groups in total. The van der Waals surface area contributed by atoms with E-state index >= 15 is 0 Å². The first kappa shape index (κ1) is 11.6. The first-order chi connectivity index (χ1) is 7.70. The molecule has 0 bridgehead atoms. The van der Waals surface area contributed by atoms with Gasteiger partial charge in [0, 0.05) is 25.2 Å². The first-order valence-electron chi connectivity index (χ1n) is 5.11. The van der Waals surface area contributed by atoms with E-state index in [-0.39, 0.29) is 0 Å². The second-order valence-electron chi connectivity index (χ2n) is 3.73. The maximum absolute atomic E-state index is 12.5. The van der Waals surface area contributed by atoms with Gasteiger partial charge < -0.3 is 4.90 Å².